The average Bonchev–Trinajstić information content (AvgIpc) is 2.45. The molecule has 21 heavy (non-hydrogen) atoms. The molecule has 5 heteroatoms. The van der Waals surface area contributed by atoms with E-state index in [0.29, 0.717) is 11.7 Å². The first kappa shape index (κ1) is 15.7. The summed E-state index contributed by atoms with van der Waals surface area (Å²) in [6.07, 6.45) is 1.72. The molecule has 0 bridgehead atoms. The van der Waals surface area contributed by atoms with Gasteiger partial charge in [0.15, 0.2) is 0 Å². The van der Waals surface area contributed by atoms with Crippen molar-refractivity contribution in [1.29, 1.82) is 0 Å². The highest BCUT2D eigenvalue weighted by Gasteiger charge is 2.16. The Morgan fingerprint density at radius 1 is 1.24 bits per heavy atom. The number of anilines is 2. The van der Waals surface area contributed by atoms with Crippen molar-refractivity contribution in [1.82, 2.24) is 9.97 Å². The largest absolute Gasteiger partial charge is 0.326 e. The van der Waals surface area contributed by atoms with Gasteiger partial charge in [-0.05, 0) is 38.5 Å². The Kier molecular flexibility index (Phi) is 5.12. The van der Waals surface area contributed by atoms with Gasteiger partial charge in [0, 0.05) is 24.2 Å². The van der Waals surface area contributed by atoms with Crippen molar-refractivity contribution in [3.63, 3.8) is 0 Å². The third-order valence-corrected chi connectivity index (χ3v) is 3.64. The molecule has 0 saturated carbocycles. The van der Waals surface area contributed by atoms with Crippen LogP contribution < -0.4 is 4.90 Å². The summed E-state index contributed by atoms with van der Waals surface area (Å²) in [5.74, 6) is 1.20. The molecule has 0 fully saturated rings. The molecular formula is C16H19ClFN3. The van der Waals surface area contributed by atoms with E-state index in [1.165, 1.54) is 12.1 Å². The number of hydrogen-bond acceptors (Lipinski definition) is 3. The molecule has 0 spiro atoms. The Labute approximate surface area is 129 Å². The molecule has 0 aliphatic rings. The van der Waals surface area contributed by atoms with Crippen molar-refractivity contribution in [3.8, 4) is 0 Å². The van der Waals surface area contributed by atoms with Crippen LogP contribution >= 0.6 is 11.6 Å². The highest BCUT2D eigenvalue weighted by molar-refractivity contribution is 6.30. The number of halogens is 2. The molecule has 0 radical (unpaired) electrons. The van der Waals surface area contributed by atoms with Gasteiger partial charge in [-0.25, -0.2) is 14.4 Å². The smallest absolute Gasteiger partial charge is 0.141 e. The van der Waals surface area contributed by atoms with Crippen molar-refractivity contribution in [2.45, 2.75) is 33.6 Å². The minimum atomic E-state index is -0.266. The zero-order chi connectivity index (χ0) is 15.4. The molecule has 0 atom stereocenters. The van der Waals surface area contributed by atoms with Crippen LogP contribution in [0.5, 0.6) is 0 Å². The normalized spacial score (nSPS) is 10.7. The van der Waals surface area contributed by atoms with E-state index in [-0.39, 0.29) is 5.82 Å². The lowest BCUT2D eigenvalue weighted by Crippen LogP contribution is -2.20. The predicted octanol–water partition coefficient (Wildman–Crippen LogP) is 4.69. The quantitative estimate of drug-likeness (QED) is 0.750. The second-order valence-electron chi connectivity index (χ2n) is 4.85. The minimum Gasteiger partial charge on any atom is -0.326 e. The fourth-order valence-electron chi connectivity index (χ4n) is 2.22. The molecule has 112 valence electrons. The van der Waals surface area contributed by atoms with Crippen LogP contribution in [0, 0.1) is 12.7 Å². The molecule has 0 aliphatic carbocycles. The van der Waals surface area contributed by atoms with E-state index in [1.807, 2.05) is 24.8 Å². The molecule has 0 aliphatic heterocycles. The number of hydrogen-bond donors (Lipinski definition) is 0. The number of benzene rings is 1. The number of aryl methyl sites for hydroxylation is 1. The van der Waals surface area contributed by atoms with Crippen molar-refractivity contribution in [2.75, 3.05) is 11.4 Å². The van der Waals surface area contributed by atoms with E-state index in [9.17, 15) is 4.39 Å². The maximum absolute atomic E-state index is 13.5. The lowest BCUT2D eigenvalue weighted by atomic mass is 10.2. The summed E-state index contributed by atoms with van der Waals surface area (Å²) in [5, 5.41) is 0.457. The van der Waals surface area contributed by atoms with Gasteiger partial charge in [-0.2, -0.15) is 0 Å². The molecule has 0 unspecified atom stereocenters. The van der Waals surface area contributed by atoms with E-state index in [1.54, 1.807) is 6.07 Å². The standard InChI is InChI=1S/C16H19ClFN3/c1-4-7-14-19-15(17)11(3)16(20-14)21(5-2)13-9-6-8-12(18)10-13/h6,8-10H,4-5,7H2,1-3H3. The highest BCUT2D eigenvalue weighted by atomic mass is 35.5. The van der Waals surface area contributed by atoms with Gasteiger partial charge < -0.3 is 4.90 Å². The molecule has 0 amide bonds. The van der Waals surface area contributed by atoms with E-state index in [2.05, 4.69) is 16.9 Å². The van der Waals surface area contributed by atoms with Crippen molar-refractivity contribution in [3.05, 3.63) is 46.6 Å². The van der Waals surface area contributed by atoms with Gasteiger partial charge in [0.1, 0.15) is 22.6 Å². The average molecular weight is 308 g/mol. The number of rotatable bonds is 5. The molecular weight excluding hydrogens is 289 g/mol. The molecule has 1 heterocycles. The molecule has 0 saturated heterocycles. The Balaban J connectivity index is 2.51. The summed E-state index contributed by atoms with van der Waals surface area (Å²) in [4.78, 5) is 10.9. The molecule has 1 aromatic carbocycles. The summed E-state index contributed by atoms with van der Waals surface area (Å²) in [5.41, 5.74) is 1.57. The molecule has 0 N–H and O–H groups in total. The van der Waals surface area contributed by atoms with Gasteiger partial charge in [0.05, 0.1) is 0 Å². The van der Waals surface area contributed by atoms with E-state index >= 15 is 0 Å². The number of nitrogens with zero attached hydrogens (tertiary/aromatic N) is 3. The van der Waals surface area contributed by atoms with Gasteiger partial charge in [0.2, 0.25) is 0 Å². The summed E-state index contributed by atoms with van der Waals surface area (Å²) < 4.78 is 13.5. The van der Waals surface area contributed by atoms with Gasteiger partial charge in [0.25, 0.3) is 0 Å². The van der Waals surface area contributed by atoms with Gasteiger partial charge in [-0.15, -0.1) is 0 Å². The lowest BCUT2D eigenvalue weighted by Gasteiger charge is -2.24. The van der Waals surface area contributed by atoms with Gasteiger partial charge in [-0.3, -0.25) is 0 Å². The highest BCUT2D eigenvalue weighted by Crippen LogP contribution is 2.30. The first-order valence-electron chi connectivity index (χ1n) is 7.12. The molecule has 3 nitrogen and oxygen atoms in total. The minimum absolute atomic E-state index is 0.266. The second kappa shape index (κ2) is 6.85. The van der Waals surface area contributed by atoms with Crippen molar-refractivity contribution < 1.29 is 4.39 Å². The SMILES string of the molecule is CCCc1nc(Cl)c(C)c(N(CC)c2cccc(F)c2)n1. The summed E-state index contributed by atoms with van der Waals surface area (Å²) in [6, 6.07) is 6.48. The fourth-order valence-corrected chi connectivity index (χ4v) is 2.40. The second-order valence-corrected chi connectivity index (χ2v) is 5.21. The van der Waals surface area contributed by atoms with Crippen molar-refractivity contribution >= 4 is 23.1 Å². The Morgan fingerprint density at radius 2 is 2.00 bits per heavy atom. The molecule has 2 rings (SSSR count). The van der Waals surface area contributed by atoms with Crippen LogP contribution in [-0.4, -0.2) is 16.5 Å². The van der Waals surface area contributed by atoms with Crippen LogP contribution in [0.25, 0.3) is 0 Å². The monoisotopic (exact) mass is 307 g/mol. The first-order chi connectivity index (χ1) is 10.1. The third kappa shape index (κ3) is 3.50. The third-order valence-electron chi connectivity index (χ3n) is 3.27. The summed E-state index contributed by atoms with van der Waals surface area (Å²) in [7, 11) is 0. The van der Waals surface area contributed by atoms with Crippen molar-refractivity contribution in [2.24, 2.45) is 0 Å². The van der Waals surface area contributed by atoms with Crippen LogP contribution in [0.15, 0.2) is 24.3 Å². The van der Waals surface area contributed by atoms with Crippen LogP contribution in [0.2, 0.25) is 5.15 Å². The topological polar surface area (TPSA) is 29.0 Å². The van der Waals surface area contributed by atoms with E-state index in [4.69, 9.17) is 11.6 Å². The maximum Gasteiger partial charge on any atom is 0.141 e. The molecule has 1 aromatic heterocycles. The fraction of sp³-hybridized carbons (Fsp3) is 0.375. The zero-order valence-electron chi connectivity index (χ0n) is 12.5. The summed E-state index contributed by atoms with van der Waals surface area (Å²) in [6.45, 7) is 6.62. The van der Waals surface area contributed by atoms with E-state index < -0.39 is 0 Å². The van der Waals surface area contributed by atoms with Gasteiger partial charge in [-0.1, -0.05) is 24.6 Å². The Morgan fingerprint density at radius 3 is 2.62 bits per heavy atom. The van der Waals surface area contributed by atoms with E-state index in [0.717, 1.165) is 35.7 Å². The maximum atomic E-state index is 13.5. The summed E-state index contributed by atoms with van der Waals surface area (Å²) >= 11 is 6.22. The van der Waals surface area contributed by atoms with Crippen LogP contribution in [0.4, 0.5) is 15.9 Å². The predicted molar refractivity (Wildman–Crippen MR) is 84.9 cm³/mol. The van der Waals surface area contributed by atoms with Crippen LogP contribution in [0.3, 0.4) is 0 Å². The Hall–Kier alpha value is -1.68. The first-order valence-corrected chi connectivity index (χ1v) is 7.50. The number of aromatic nitrogens is 2. The zero-order valence-corrected chi connectivity index (χ0v) is 13.3. The lowest BCUT2D eigenvalue weighted by molar-refractivity contribution is 0.627. The van der Waals surface area contributed by atoms with Crippen LogP contribution in [0.1, 0.15) is 31.7 Å². The van der Waals surface area contributed by atoms with Gasteiger partial charge >= 0.3 is 0 Å². The van der Waals surface area contributed by atoms with Crippen LogP contribution in [-0.2, 0) is 6.42 Å². The molecule has 2 aromatic rings. The Bertz CT molecular complexity index is 631.